The van der Waals surface area contributed by atoms with Crippen LogP contribution in [0.2, 0.25) is 5.02 Å². The molecule has 2 aromatic carbocycles. The lowest BCUT2D eigenvalue weighted by molar-refractivity contribution is -0.384. The van der Waals surface area contributed by atoms with E-state index in [1.54, 1.807) is 48.3 Å². The molecule has 0 saturated heterocycles. The van der Waals surface area contributed by atoms with Crippen LogP contribution in [0.5, 0.6) is 5.75 Å². The number of anilines is 1. The number of benzene rings is 2. The van der Waals surface area contributed by atoms with Gasteiger partial charge in [-0.3, -0.25) is 10.1 Å². The molecule has 1 N–H and O–H groups in total. The van der Waals surface area contributed by atoms with Crippen LogP contribution in [-0.2, 0) is 13.2 Å². The highest BCUT2D eigenvalue weighted by Crippen LogP contribution is 2.41. The molecule has 0 unspecified atom stereocenters. The lowest BCUT2D eigenvalue weighted by atomic mass is 10.0. The zero-order valence-electron chi connectivity index (χ0n) is 15.8. The summed E-state index contributed by atoms with van der Waals surface area (Å²) in [5, 5.41) is 13.8. The van der Waals surface area contributed by atoms with E-state index in [4.69, 9.17) is 16.3 Å². The minimum absolute atomic E-state index is 0.165. The largest absolute Gasteiger partial charge is 0.497 e. The number of alkyl halides is 3. The Morgan fingerprint density at radius 3 is 2.43 bits per heavy atom. The van der Waals surface area contributed by atoms with E-state index in [1.807, 2.05) is 0 Å². The standard InChI is InChI=1S/C19H16ClF3N4O3/c1-26-8-7-24-18(26)17(11-3-5-12(30-2)6-4-11)25-15-10-14(20)13(19(21,22)23)9-16(15)27(28)29/h3-10,17,25H,1-2H3/t17-/m0/s1. The molecule has 0 amide bonds. The Balaban J connectivity index is 2.11. The number of nitro benzene ring substituents is 1. The van der Waals surface area contributed by atoms with Crippen LogP contribution in [0.15, 0.2) is 48.8 Å². The van der Waals surface area contributed by atoms with E-state index in [0.717, 1.165) is 6.07 Å². The fourth-order valence-electron chi connectivity index (χ4n) is 2.95. The van der Waals surface area contributed by atoms with E-state index in [0.29, 0.717) is 23.2 Å². The molecule has 0 bridgehead atoms. The molecule has 11 heteroatoms. The molecule has 0 aliphatic heterocycles. The Kier molecular flexibility index (Phi) is 5.88. The summed E-state index contributed by atoms with van der Waals surface area (Å²) >= 11 is 5.80. The van der Waals surface area contributed by atoms with Gasteiger partial charge < -0.3 is 14.6 Å². The van der Waals surface area contributed by atoms with Gasteiger partial charge in [-0.15, -0.1) is 0 Å². The Hall–Kier alpha value is -3.27. The second kappa shape index (κ2) is 8.23. The summed E-state index contributed by atoms with van der Waals surface area (Å²) in [4.78, 5) is 14.9. The van der Waals surface area contributed by atoms with Gasteiger partial charge in [0.1, 0.15) is 23.3 Å². The summed E-state index contributed by atoms with van der Waals surface area (Å²) in [6.07, 6.45) is -1.60. The van der Waals surface area contributed by atoms with Crippen LogP contribution in [-0.4, -0.2) is 21.6 Å². The maximum absolute atomic E-state index is 13.1. The number of halogens is 4. The smallest absolute Gasteiger partial charge is 0.418 e. The number of aryl methyl sites for hydroxylation is 1. The van der Waals surface area contributed by atoms with Crippen molar-refractivity contribution in [3.05, 3.63) is 80.9 Å². The number of hydrogen-bond donors (Lipinski definition) is 1. The third-order valence-electron chi connectivity index (χ3n) is 4.45. The average molecular weight is 441 g/mol. The minimum Gasteiger partial charge on any atom is -0.497 e. The summed E-state index contributed by atoms with van der Waals surface area (Å²) in [7, 11) is 3.24. The highest BCUT2D eigenvalue weighted by Gasteiger charge is 2.36. The first-order chi connectivity index (χ1) is 14.1. The molecule has 0 radical (unpaired) electrons. The molecule has 0 spiro atoms. The Bertz CT molecular complexity index is 1070. The average Bonchev–Trinajstić information content (AvgIpc) is 3.10. The van der Waals surface area contributed by atoms with Crippen LogP contribution in [0.4, 0.5) is 24.5 Å². The van der Waals surface area contributed by atoms with Gasteiger partial charge >= 0.3 is 6.18 Å². The van der Waals surface area contributed by atoms with E-state index in [1.165, 1.54) is 7.11 Å². The van der Waals surface area contributed by atoms with Crippen molar-refractivity contribution in [3.63, 3.8) is 0 Å². The molecule has 30 heavy (non-hydrogen) atoms. The number of nitrogens with one attached hydrogen (secondary N) is 1. The topological polar surface area (TPSA) is 82.2 Å². The molecule has 0 fully saturated rings. The highest BCUT2D eigenvalue weighted by molar-refractivity contribution is 6.31. The Morgan fingerprint density at radius 2 is 1.93 bits per heavy atom. The quantitative estimate of drug-likeness (QED) is 0.420. The monoisotopic (exact) mass is 440 g/mol. The predicted octanol–water partition coefficient (Wildman–Crippen LogP) is 5.21. The number of aromatic nitrogens is 2. The van der Waals surface area contributed by atoms with Crippen molar-refractivity contribution in [2.45, 2.75) is 12.2 Å². The van der Waals surface area contributed by atoms with Crippen molar-refractivity contribution in [1.29, 1.82) is 0 Å². The molecule has 1 atom stereocenters. The van der Waals surface area contributed by atoms with E-state index in [9.17, 15) is 23.3 Å². The Morgan fingerprint density at radius 1 is 1.27 bits per heavy atom. The Labute approximate surface area is 174 Å². The van der Waals surface area contributed by atoms with Gasteiger partial charge in [0.25, 0.3) is 5.69 Å². The molecule has 0 aliphatic carbocycles. The van der Waals surface area contributed by atoms with Gasteiger partial charge in [-0.05, 0) is 23.8 Å². The van der Waals surface area contributed by atoms with Gasteiger partial charge in [0.2, 0.25) is 0 Å². The molecule has 0 aliphatic rings. The zero-order chi connectivity index (χ0) is 22.1. The molecule has 1 heterocycles. The van der Waals surface area contributed by atoms with Gasteiger partial charge in [-0.25, -0.2) is 4.98 Å². The van der Waals surface area contributed by atoms with Crippen molar-refractivity contribution < 1.29 is 22.8 Å². The first-order valence-corrected chi connectivity index (χ1v) is 8.92. The van der Waals surface area contributed by atoms with E-state index in [2.05, 4.69) is 10.3 Å². The lowest BCUT2D eigenvalue weighted by Crippen LogP contribution is -2.18. The third-order valence-corrected chi connectivity index (χ3v) is 4.77. The summed E-state index contributed by atoms with van der Waals surface area (Å²) in [6.45, 7) is 0. The number of methoxy groups -OCH3 is 1. The van der Waals surface area contributed by atoms with Crippen LogP contribution < -0.4 is 10.1 Å². The van der Waals surface area contributed by atoms with Gasteiger partial charge in [0.05, 0.1) is 22.6 Å². The van der Waals surface area contributed by atoms with Crippen LogP contribution in [0.3, 0.4) is 0 Å². The fourth-order valence-corrected chi connectivity index (χ4v) is 3.22. The van der Waals surface area contributed by atoms with E-state index >= 15 is 0 Å². The second-order valence-corrected chi connectivity index (χ2v) is 6.76. The second-order valence-electron chi connectivity index (χ2n) is 6.35. The van der Waals surface area contributed by atoms with Crippen molar-refractivity contribution in [2.75, 3.05) is 12.4 Å². The molecule has 3 aromatic rings. The molecule has 0 saturated carbocycles. The highest BCUT2D eigenvalue weighted by atomic mass is 35.5. The summed E-state index contributed by atoms with van der Waals surface area (Å²) < 4.78 is 46.3. The summed E-state index contributed by atoms with van der Waals surface area (Å²) in [5.41, 5.74) is -1.53. The number of hydrogen-bond acceptors (Lipinski definition) is 5. The molecular weight excluding hydrogens is 425 g/mol. The number of nitro groups is 1. The molecular formula is C19H16ClF3N4O3. The fraction of sp³-hybridized carbons (Fsp3) is 0.211. The predicted molar refractivity (Wildman–Crippen MR) is 105 cm³/mol. The molecule has 3 rings (SSSR count). The maximum Gasteiger partial charge on any atom is 0.418 e. The van der Waals surface area contributed by atoms with Crippen molar-refractivity contribution in [2.24, 2.45) is 7.05 Å². The normalized spacial score (nSPS) is 12.5. The lowest BCUT2D eigenvalue weighted by Gasteiger charge is -2.21. The number of nitrogens with zero attached hydrogens (tertiary/aromatic N) is 3. The van der Waals surface area contributed by atoms with Crippen LogP contribution in [0, 0.1) is 10.1 Å². The van der Waals surface area contributed by atoms with Crippen LogP contribution >= 0.6 is 11.6 Å². The SMILES string of the molecule is COc1ccc([C@H](Nc2cc(Cl)c(C(F)(F)F)cc2[N+](=O)[O-])c2nccn2C)cc1. The third kappa shape index (κ3) is 4.33. The number of rotatable bonds is 6. The number of imidazole rings is 1. The molecule has 7 nitrogen and oxygen atoms in total. The maximum atomic E-state index is 13.1. The van der Waals surface area contributed by atoms with Crippen LogP contribution in [0.1, 0.15) is 23.0 Å². The van der Waals surface area contributed by atoms with Gasteiger partial charge in [-0.2, -0.15) is 13.2 Å². The zero-order valence-corrected chi connectivity index (χ0v) is 16.5. The molecule has 158 valence electrons. The van der Waals surface area contributed by atoms with Crippen molar-refractivity contribution in [3.8, 4) is 5.75 Å². The first-order valence-electron chi connectivity index (χ1n) is 8.54. The van der Waals surface area contributed by atoms with Crippen molar-refractivity contribution in [1.82, 2.24) is 9.55 Å². The van der Waals surface area contributed by atoms with E-state index < -0.39 is 33.4 Å². The van der Waals surface area contributed by atoms with E-state index in [-0.39, 0.29) is 5.69 Å². The first kappa shape index (κ1) is 21.4. The van der Waals surface area contributed by atoms with Crippen molar-refractivity contribution >= 4 is 23.0 Å². The number of ether oxygens (including phenoxy) is 1. The van der Waals surface area contributed by atoms with Gasteiger partial charge in [-0.1, -0.05) is 23.7 Å². The van der Waals surface area contributed by atoms with Crippen LogP contribution in [0.25, 0.3) is 0 Å². The van der Waals surface area contributed by atoms with Gasteiger partial charge in [0, 0.05) is 25.5 Å². The summed E-state index contributed by atoms with van der Waals surface area (Å²) in [6, 6.07) is 7.46. The van der Waals surface area contributed by atoms with Gasteiger partial charge in [0.15, 0.2) is 0 Å². The minimum atomic E-state index is -4.82. The summed E-state index contributed by atoms with van der Waals surface area (Å²) in [5.74, 6) is 1.09. The molecule has 1 aromatic heterocycles.